The molecule has 5 rings (SSSR count). The highest BCUT2D eigenvalue weighted by atomic mass is 32.2. The molecule has 0 unspecified atom stereocenters. The highest BCUT2D eigenvalue weighted by Crippen LogP contribution is 2.40. The van der Waals surface area contributed by atoms with Crippen LogP contribution in [-0.2, 0) is 24.2 Å². The quantitative estimate of drug-likeness (QED) is 0.577. The molecule has 1 amide bonds. The molecule has 1 saturated carbocycles. The van der Waals surface area contributed by atoms with Crippen LogP contribution in [0.4, 0.5) is 11.4 Å². The first-order valence-electron chi connectivity index (χ1n) is 10.3. The van der Waals surface area contributed by atoms with Crippen molar-refractivity contribution in [3.8, 4) is 0 Å². The topological polar surface area (TPSA) is 51.0 Å². The Morgan fingerprint density at radius 2 is 1.62 bits per heavy atom. The Kier molecular flexibility index (Phi) is 4.87. The fourth-order valence-corrected chi connectivity index (χ4v) is 4.95. The normalized spacial score (nSPS) is 15.6. The summed E-state index contributed by atoms with van der Waals surface area (Å²) in [6.45, 7) is 2.95. The minimum atomic E-state index is 0.0791. The van der Waals surface area contributed by atoms with Gasteiger partial charge in [0.05, 0.1) is 17.1 Å². The average Bonchev–Trinajstić information content (AvgIpc) is 3.54. The zero-order valence-electron chi connectivity index (χ0n) is 16.5. The summed E-state index contributed by atoms with van der Waals surface area (Å²) in [5.74, 6) is 2.05. The molecule has 1 fully saturated rings. The maximum Gasteiger partial charge on any atom is 0.242 e. The van der Waals surface area contributed by atoms with Gasteiger partial charge in [-0.1, -0.05) is 48.2 Å². The summed E-state index contributed by atoms with van der Waals surface area (Å²) in [6, 6.07) is 16.5. The molecule has 0 saturated heterocycles. The molecule has 0 spiro atoms. The van der Waals surface area contributed by atoms with E-state index in [-0.39, 0.29) is 5.91 Å². The second kappa shape index (κ2) is 7.67. The molecule has 2 aromatic carbocycles. The Bertz CT molecular complexity index is 1010. The summed E-state index contributed by atoms with van der Waals surface area (Å²) >= 11 is 1.49. The summed E-state index contributed by atoms with van der Waals surface area (Å²) in [4.78, 5) is 15.4. The van der Waals surface area contributed by atoms with Crippen LogP contribution in [0.1, 0.15) is 42.6 Å². The van der Waals surface area contributed by atoms with Crippen molar-refractivity contribution in [2.75, 3.05) is 10.7 Å². The summed E-state index contributed by atoms with van der Waals surface area (Å²) < 4.78 is 2.17. The Morgan fingerprint density at radius 1 is 1.00 bits per heavy atom. The maximum atomic E-state index is 13.4. The number of amides is 1. The summed E-state index contributed by atoms with van der Waals surface area (Å²) in [5, 5.41) is 9.62. The van der Waals surface area contributed by atoms with E-state index in [2.05, 4.69) is 58.1 Å². The van der Waals surface area contributed by atoms with Crippen molar-refractivity contribution < 1.29 is 4.79 Å². The number of rotatable bonds is 5. The number of carbonyl (C=O) groups is 1. The third-order valence-corrected chi connectivity index (χ3v) is 6.66. The van der Waals surface area contributed by atoms with E-state index in [0.29, 0.717) is 11.7 Å². The third-order valence-electron chi connectivity index (χ3n) is 5.71. The number of aryl methyl sites for hydroxylation is 2. The van der Waals surface area contributed by atoms with Crippen molar-refractivity contribution in [2.24, 2.45) is 0 Å². The first-order valence-corrected chi connectivity index (χ1v) is 11.3. The van der Waals surface area contributed by atoms with Gasteiger partial charge in [-0.3, -0.25) is 9.69 Å². The van der Waals surface area contributed by atoms with E-state index in [4.69, 9.17) is 0 Å². The second-order valence-electron chi connectivity index (χ2n) is 7.63. The number of para-hydroxylation sites is 2. The molecule has 1 aliphatic carbocycles. The summed E-state index contributed by atoms with van der Waals surface area (Å²) in [5.41, 5.74) is 4.43. The number of carbonyl (C=O) groups excluding carboxylic acids is 1. The highest BCUT2D eigenvalue weighted by Gasteiger charge is 2.31. The van der Waals surface area contributed by atoms with Gasteiger partial charge in [0.1, 0.15) is 5.82 Å². The molecule has 1 aliphatic heterocycles. The lowest BCUT2D eigenvalue weighted by Gasteiger charge is -2.24. The van der Waals surface area contributed by atoms with Gasteiger partial charge in [0.25, 0.3) is 0 Å². The third kappa shape index (κ3) is 3.46. The zero-order valence-corrected chi connectivity index (χ0v) is 17.4. The summed E-state index contributed by atoms with van der Waals surface area (Å²) in [6.07, 6.45) is 4.28. The van der Waals surface area contributed by atoms with Gasteiger partial charge in [-0.05, 0) is 55.9 Å². The number of thioether (sulfide) groups is 1. The first kappa shape index (κ1) is 18.4. The standard InChI is InChI=1S/C23H24N4OS/c1-2-26-22(18-13-14-18)24-25-23(26)29-15-21(28)27-19-9-5-3-7-16(19)11-12-17-8-4-6-10-20(17)27/h3-10,18H,2,11-15H2,1H3. The Balaban J connectivity index is 1.44. The minimum Gasteiger partial charge on any atom is -0.306 e. The monoisotopic (exact) mass is 404 g/mol. The van der Waals surface area contributed by atoms with Crippen LogP contribution >= 0.6 is 11.8 Å². The van der Waals surface area contributed by atoms with Gasteiger partial charge in [-0.2, -0.15) is 0 Å². The lowest BCUT2D eigenvalue weighted by molar-refractivity contribution is -0.115. The molecule has 3 aromatic rings. The van der Waals surface area contributed by atoms with Crippen LogP contribution in [0.3, 0.4) is 0 Å². The van der Waals surface area contributed by atoms with Gasteiger partial charge < -0.3 is 4.57 Å². The second-order valence-corrected chi connectivity index (χ2v) is 8.58. The number of anilines is 2. The number of nitrogens with zero attached hydrogens (tertiary/aromatic N) is 4. The van der Waals surface area contributed by atoms with E-state index in [1.54, 1.807) is 0 Å². The largest absolute Gasteiger partial charge is 0.306 e. The van der Waals surface area contributed by atoms with E-state index in [9.17, 15) is 4.79 Å². The Labute approximate surface area is 175 Å². The zero-order chi connectivity index (χ0) is 19.8. The number of benzene rings is 2. The fraction of sp³-hybridized carbons (Fsp3) is 0.348. The van der Waals surface area contributed by atoms with Gasteiger partial charge in [0, 0.05) is 12.5 Å². The molecule has 0 bridgehead atoms. The van der Waals surface area contributed by atoms with Gasteiger partial charge in [0.15, 0.2) is 5.16 Å². The van der Waals surface area contributed by atoms with Crippen LogP contribution in [0.5, 0.6) is 0 Å². The smallest absolute Gasteiger partial charge is 0.242 e. The lowest BCUT2D eigenvalue weighted by atomic mass is 10.0. The van der Waals surface area contributed by atoms with Gasteiger partial charge in [-0.15, -0.1) is 10.2 Å². The van der Waals surface area contributed by atoms with Crippen molar-refractivity contribution in [2.45, 2.75) is 50.2 Å². The molecule has 29 heavy (non-hydrogen) atoms. The predicted octanol–water partition coefficient (Wildman–Crippen LogP) is 4.73. The molecule has 2 heterocycles. The molecular weight excluding hydrogens is 380 g/mol. The van der Waals surface area contributed by atoms with Crippen LogP contribution in [-0.4, -0.2) is 26.4 Å². The van der Waals surface area contributed by atoms with Gasteiger partial charge in [-0.25, -0.2) is 0 Å². The minimum absolute atomic E-state index is 0.0791. The number of hydrogen-bond acceptors (Lipinski definition) is 4. The molecule has 0 radical (unpaired) electrons. The van der Waals surface area contributed by atoms with Crippen molar-refractivity contribution in [1.29, 1.82) is 0 Å². The molecule has 0 N–H and O–H groups in total. The molecule has 5 nitrogen and oxygen atoms in total. The maximum absolute atomic E-state index is 13.4. The van der Waals surface area contributed by atoms with Crippen molar-refractivity contribution in [3.63, 3.8) is 0 Å². The molecule has 1 aromatic heterocycles. The Morgan fingerprint density at radius 3 is 2.21 bits per heavy atom. The van der Waals surface area contributed by atoms with Crippen molar-refractivity contribution in [1.82, 2.24) is 14.8 Å². The van der Waals surface area contributed by atoms with Crippen LogP contribution in [0.15, 0.2) is 53.7 Å². The Hall–Kier alpha value is -2.60. The van der Waals surface area contributed by atoms with Crippen LogP contribution < -0.4 is 4.90 Å². The molecular formula is C23H24N4OS. The van der Waals surface area contributed by atoms with E-state index < -0.39 is 0 Å². The molecule has 2 aliphatic rings. The van der Waals surface area contributed by atoms with Crippen molar-refractivity contribution in [3.05, 3.63) is 65.5 Å². The van der Waals surface area contributed by atoms with Crippen LogP contribution in [0.2, 0.25) is 0 Å². The number of fused-ring (bicyclic) bond motifs is 2. The van der Waals surface area contributed by atoms with Crippen molar-refractivity contribution >= 4 is 29.0 Å². The van der Waals surface area contributed by atoms with Gasteiger partial charge in [0.2, 0.25) is 5.91 Å². The number of hydrogen-bond donors (Lipinski definition) is 0. The van der Waals surface area contributed by atoms with E-state index in [0.717, 1.165) is 41.7 Å². The van der Waals surface area contributed by atoms with Crippen LogP contribution in [0.25, 0.3) is 0 Å². The SMILES string of the molecule is CCn1c(SCC(=O)N2c3ccccc3CCc3ccccc32)nnc1C1CC1. The summed E-state index contributed by atoms with van der Waals surface area (Å²) in [7, 11) is 0. The first-order chi connectivity index (χ1) is 14.3. The molecule has 148 valence electrons. The van der Waals surface area contributed by atoms with E-state index in [1.807, 2.05) is 17.0 Å². The molecule has 6 heteroatoms. The predicted molar refractivity (Wildman–Crippen MR) is 116 cm³/mol. The van der Waals surface area contributed by atoms with Gasteiger partial charge >= 0.3 is 0 Å². The lowest BCUT2D eigenvalue weighted by Crippen LogP contribution is -2.28. The molecule has 0 atom stereocenters. The highest BCUT2D eigenvalue weighted by molar-refractivity contribution is 7.99. The van der Waals surface area contributed by atoms with Crippen LogP contribution in [0, 0.1) is 0 Å². The fourth-order valence-electron chi connectivity index (χ4n) is 4.09. The van der Waals surface area contributed by atoms with E-state index >= 15 is 0 Å². The van der Waals surface area contributed by atoms with E-state index in [1.165, 1.54) is 35.7 Å². The average molecular weight is 405 g/mol. The number of aromatic nitrogens is 3.